The Balaban J connectivity index is 1.69. The van der Waals surface area contributed by atoms with Crippen LogP contribution in [0.3, 0.4) is 0 Å². The minimum atomic E-state index is -3.79. The average molecular weight is 429 g/mol. The predicted octanol–water partition coefficient (Wildman–Crippen LogP) is 3.15. The van der Waals surface area contributed by atoms with Crippen LogP contribution in [0, 0.1) is 42.4 Å². The molecule has 7 nitrogen and oxygen atoms in total. The number of aryl methyl sites for hydroxylation is 1. The minimum absolute atomic E-state index is 0.00593. The standard InChI is InChI=1S/C20H20N4O3S2/c1-13-14(2)28-20(17(13)12-22)23-19(25)15-7-9-24(10-8-15)29(26,27)18-6-4-3-5-16(18)11-21/h3-6,15H,7-10H2,1-2H3,(H,23,25). The summed E-state index contributed by atoms with van der Waals surface area (Å²) in [7, 11) is -3.79. The van der Waals surface area contributed by atoms with E-state index in [0.29, 0.717) is 23.4 Å². The molecule has 150 valence electrons. The second-order valence-electron chi connectivity index (χ2n) is 6.87. The van der Waals surface area contributed by atoms with Gasteiger partial charge in [-0.2, -0.15) is 14.8 Å². The lowest BCUT2D eigenvalue weighted by atomic mass is 9.97. The number of thiophene rings is 1. The number of nitriles is 2. The molecule has 1 fully saturated rings. The third kappa shape index (κ3) is 4.03. The summed E-state index contributed by atoms with van der Waals surface area (Å²) >= 11 is 1.37. The first-order valence-corrected chi connectivity index (χ1v) is 11.4. The summed E-state index contributed by atoms with van der Waals surface area (Å²) < 4.78 is 27.1. The van der Waals surface area contributed by atoms with E-state index in [2.05, 4.69) is 11.4 Å². The van der Waals surface area contributed by atoms with Gasteiger partial charge in [0.1, 0.15) is 17.1 Å². The second-order valence-corrected chi connectivity index (χ2v) is 10.0. The molecular formula is C20H20N4O3S2. The minimum Gasteiger partial charge on any atom is -0.316 e. The highest BCUT2D eigenvalue weighted by atomic mass is 32.2. The Labute approximate surface area is 174 Å². The van der Waals surface area contributed by atoms with E-state index in [4.69, 9.17) is 0 Å². The van der Waals surface area contributed by atoms with Crippen LogP contribution in [-0.2, 0) is 14.8 Å². The van der Waals surface area contributed by atoms with Crippen LogP contribution in [-0.4, -0.2) is 31.7 Å². The Kier molecular flexibility index (Phi) is 6.04. The van der Waals surface area contributed by atoms with Crippen molar-refractivity contribution in [1.29, 1.82) is 10.5 Å². The van der Waals surface area contributed by atoms with Crippen molar-refractivity contribution in [1.82, 2.24) is 4.31 Å². The first kappa shape index (κ1) is 21.0. The highest BCUT2D eigenvalue weighted by Gasteiger charge is 2.33. The van der Waals surface area contributed by atoms with Crippen LogP contribution in [0.4, 0.5) is 5.00 Å². The average Bonchev–Trinajstić information content (AvgIpc) is 3.00. The molecule has 1 aromatic heterocycles. The maximum Gasteiger partial charge on any atom is 0.244 e. The van der Waals surface area contributed by atoms with Gasteiger partial charge in [-0.05, 0) is 44.4 Å². The molecule has 0 spiro atoms. The molecule has 0 radical (unpaired) electrons. The number of rotatable bonds is 4. The maximum atomic E-state index is 12.9. The normalized spacial score (nSPS) is 15.4. The number of carbonyl (C=O) groups is 1. The Hall–Kier alpha value is -2.72. The fourth-order valence-corrected chi connectivity index (χ4v) is 5.97. The maximum absolute atomic E-state index is 12.9. The molecule has 0 atom stereocenters. The summed E-state index contributed by atoms with van der Waals surface area (Å²) in [4.78, 5) is 13.6. The summed E-state index contributed by atoms with van der Waals surface area (Å²) in [6.45, 7) is 4.16. The number of anilines is 1. The van der Waals surface area contributed by atoms with Gasteiger partial charge in [0.2, 0.25) is 15.9 Å². The lowest BCUT2D eigenvalue weighted by Crippen LogP contribution is -2.41. The van der Waals surface area contributed by atoms with Gasteiger partial charge in [0.15, 0.2) is 0 Å². The van der Waals surface area contributed by atoms with Crippen molar-refractivity contribution in [2.75, 3.05) is 18.4 Å². The monoisotopic (exact) mass is 428 g/mol. The predicted molar refractivity (Wildman–Crippen MR) is 110 cm³/mol. The van der Waals surface area contributed by atoms with Gasteiger partial charge in [-0.15, -0.1) is 11.3 Å². The van der Waals surface area contributed by atoms with Gasteiger partial charge in [0.05, 0.1) is 16.0 Å². The molecule has 1 N–H and O–H groups in total. The van der Waals surface area contributed by atoms with Crippen molar-refractivity contribution >= 4 is 32.3 Å². The molecule has 0 saturated carbocycles. The lowest BCUT2D eigenvalue weighted by Gasteiger charge is -2.30. The van der Waals surface area contributed by atoms with E-state index in [1.165, 1.54) is 27.8 Å². The first-order valence-electron chi connectivity index (χ1n) is 9.09. The van der Waals surface area contributed by atoms with Crippen LogP contribution in [0.5, 0.6) is 0 Å². The molecule has 1 aromatic carbocycles. The molecule has 29 heavy (non-hydrogen) atoms. The number of nitrogens with one attached hydrogen (secondary N) is 1. The fourth-order valence-electron chi connectivity index (χ4n) is 3.34. The number of nitrogens with zero attached hydrogens (tertiary/aromatic N) is 3. The van der Waals surface area contributed by atoms with Crippen LogP contribution in [0.15, 0.2) is 29.2 Å². The van der Waals surface area contributed by atoms with E-state index in [1.54, 1.807) is 12.1 Å². The zero-order valence-electron chi connectivity index (χ0n) is 16.1. The van der Waals surface area contributed by atoms with E-state index in [-0.39, 0.29) is 35.4 Å². The molecule has 1 amide bonds. The van der Waals surface area contributed by atoms with Crippen LogP contribution in [0.25, 0.3) is 0 Å². The molecule has 0 bridgehead atoms. The van der Waals surface area contributed by atoms with Gasteiger partial charge in [-0.3, -0.25) is 4.79 Å². The van der Waals surface area contributed by atoms with Crippen molar-refractivity contribution in [2.45, 2.75) is 31.6 Å². The molecule has 3 rings (SSSR count). The summed E-state index contributed by atoms with van der Waals surface area (Å²) in [5.74, 6) is -0.529. The second kappa shape index (κ2) is 8.34. The van der Waals surface area contributed by atoms with E-state index in [0.717, 1.165) is 10.4 Å². The molecule has 0 unspecified atom stereocenters. The number of carbonyl (C=O) groups excluding carboxylic acids is 1. The van der Waals surface area contributed by atoms with Gasteiger partial charge in [-0.25, -0.2) is 8.42 Å². The first-order chi connectivity index (χ1) is 13.8. The largest absolute Gasteiger partial charge is 0.316 e. The van der Waals surface area contributed by atoms with Crippen molar-refractivity contribution in [2.24, 2.45) is 5.92 Å². The van der Waals surface area contributed by atoms with E-state index < -0.39 is 10.0 Å². The van der Waals surface area contributed by atoms with Crippen molar-refractivity contribution in [3.05, 3.63) is 45.8 Å². The summed E-state index contributed by atoms with van der Waals surface area (Å²) in [6, 6.07) is 10.2. The lowest BCUT2D eigenvalue weighted by molar-refractivity contribution is -0.120. The van der Waals surface area contributed by atoms with Gasteiger partial charge in [0.25, 0.3) is 0 Å². The van der Waals surface area contributed by atoms with E-state index in [1.807, 2.05) is 19.9 Å². The zero-order valence-corrected chi connectivity index (χ0v) is 17.7. The topological polar surface area (TPSA) is 114 Å². The highest BCUT2D eigenvalue weighted by molar-refractivity contribution is 7.89. The Bertz CT molecular complexity index is 1130. The van der Waals surface area contributed by atoms with Gasteiger partial charge < -0.3 is 5.32 Å². The van der Waals surface area contributed by atoms with Crippen LogP contribution in [0.1, 0.15) is 34.4 Å². The number of sulfonamides is 1. The number of hydrogen-bond donors (Lipinski definition) is 1. The summed E-state index contributed by atoms with van der Waals surface area (Å²) in [6.07, 6.45) is 0.760. The molecule has 1 aliphatic heterocycles. The third-order valence-corrected chi connectivity index (χ3v) is 8.26. The van der Waals surface area contributed by atoms with Crippen molar-refractivity contribution in [3.8, 4) is 12.1 Å². The van der Waals surface area contributed by atoms with Crippen LogP contribution < -0.4 is 5.32 Å². The fraction of sp³-hybridized carbons (Fsp3) is 0.350. The number of hydrogen-bond acceptors (Lipinski definition) is 6. The third-order valence-electron chi connectivity index (χ3n) is 5.18. The van der Waals surface area contributed by atoms with Gasteiger partial charge in [-0.1, -0.05) is 12.1 Å². The SMILES string of the molecule is Cc1sc(NC(=O)C2CCN(S(=O)(=O)c3ccccc3C#N)CC2)c(C#N)c1C. The van der Waals surface area contributed by atoms with E-state index >= 15 is 0 Å². The Morgan fingerprint density at radius 3 is 2.45 bits per heavy atom. The van der Waals surface area contributed by atoms with E-state index in [9.17, 15) is 23.7 Å². The molecule has 9 heteroatoms. The zero-order chi connectivity index (χ0) is 21.2. The smallest absolute Gasteiger partial charge is 0.244 e. The molecular weight excluding hydrogens is 408 g/mol. The van der Waals surface area contributed by atoms with Crippen LogP contribution in [0.2, 0.25) is 0 Å². The molecule has 2 aromatic rings. The summed E-state index contributed by atoms with van der Waals surface area (Å²) in [5, 5.41) is 21.9. The molecule has 1 aliphatic rings. The van der Waals surface area contributed by atoms with Gasteiger partial charge >= 0.3 is 0 Å². The number of piperidine rings is 1. The Morgan fingerprint density at radius 1 is 1.17 bits per heavy atom. The molecule has 1 saturated heterocycles. The molecule has 0 aliphatic carbocycles. The van der Waals surface area contributed by atoms with Crippen LogP contribution >= 0.6 is 11.3 Å². The van der Waals surface area contributed by atoms with Crippen molar-refractivity contribution < 1.29 is 13.2 Å². The summed E-state index contributed by atoms with van der Waals surface area (Å²) in [5.41, 5.74) is 1.46. The van der Waals surface area contributed by atoms with Crippen molar-refractivity contribution in [3.63, 3.8) is 0 Å². The Morgan fingerprint density at radius 2 is 1.83 bits per heavy atom. The molecule has 2 heterocycles. The quantitative estimate of drug-likeness (QED) is 0.803. The van der Waals surface area contributed by atoms with Gasteiger partial charge in [0, 0.05) is 23.9 Å². The number of benzene rings is 1. The number of amides is 1. The highest BCUT2D eigenvalue weighted by Crippen LogP contribution is 2.33.